The Hall–Kier alpha value is -1.77. The fourth-order valence-corrected chi connectivity index (χ4v) is 2.75. The van der Waals surface area contributed by atoms with Crippen LogP contribution in [0.1, 0.15) is 24.0 Å². The Kier molecular flexibility index (Phi) is 2.82. The molecule has 0 radical (unpaired) electrons. The monoisotopic (exact) mass is 241 g/mol. The van der Waals surface area contributed by atoms with Crippen molar-refractivity contribution in [3.63, 3.8) is 0 Å². The number of nitrogens with one attached hydrogen (secondary N) is 1. The second-order valence-corrected chi connectivity index (χ2v) is 4.98. The van der Waals surface area contributed by atoms with Gasteiger partial charge < -0.3 is 5.32 Å². The molecule has 2 aromatic rings. The van der Waals surface area contributed by atoms with Gasteiger partial charge in [0.1, 0.15) is 5.82 Å². The van der Waals surface area contributed by atoms with Gasteiger partial charge in [-0.15, -0.1) is 0 Å². The number of fused-ring (bicyclic) bond motifs is 1. The van der Waals surface area contributed by atoms with Crippen molar-refractivity contribution in [3.8, 4) is 11.3 Å². The van der Waals surface area contributed by atoms with Crippen LogP contribution in [0.4, 0.5) is 5.82 Å². The summed E-state index contributed by atoms with van der Waals surface area (Å²) in [6, 6.07) is 8.95. The molecule has 1 aliphatic rings. The van der Waals surface area contributed by atoms with E-state index >= 15 is 0 Å². The molecule has 0 bridgehead atoms. The molecule has 0 atom stereocenters. The lowest BCUT2D eigenvalue weighted by Crippen LogP contribution is -2.03. The van der Waals surface area contributed by atoms with Gasteiger partial charge >= 0.3 is 0 Å². The van der Waals surface area contributed by atoms with Gasteiger partial charge in [-0.25, -0.2) is 0 Å². The molecule has 0 saturated heterocycles. The minimum atomic E-state index is 0.922. The third kappa shape index (κ3) is 1.90. The predicted octanol–water partition coefficient (Wildman–Crippen LogP) is 3.01. The maximum atomic E-state index is 4.42. The number of nitrogens with zero attached hydrogens (tertiary/aromatic N) is 2. The van der Waals surface area contributed by atoms with E-state index in [9.17, 15) is 0 Å². The first-order valence-corrected chi connectivity index (χ1v) is 6.62. The number of aromatic nitrogens is 2. The maximum Gasteiger partial charge on any atom is 0.148 e. The maximum absolute atomic E-state index is 4.42. The van der Waals surface area contributed by atoms with Crippen LogP contribution in [-0.2, 0) is 19.9 Å². The molecule has 0 saturated carbocycles. The average molecular weight is 241 g/mol. The Morgan fingerprint density at radius 1 is 1.11 bits per heavy atom. The summed E-state index contributed by atoms with van der Waals surface area (Å²) in [5.74, 6) is 0.922. The third-order valence-electron chi connectivity index (χ3n) is 3.78. The molecule has 1 aromatic heterocycles. The van der Waals surface area contributed by atoms with E-state index in [0.717, 1.165) is 5.82 Å². The van der Waals surface area contributed by atoms with Crippen LogP contribution in [0.5, 0.6) is 0 Å². The van der Waals surface area contributed by atoms with Gasteiger partial charge in [0.2, 0.25) is 0 Å². The normalized spacial score (nSPS) is 14.3. The molecule has 1 N–H and O–H groups in total. The van der Waals surface area contributed by atoms with Gasteiger partial charge in [-0.1, -0.05) is 12.1 Å². The fraction of sp³-hybridized carbons (Fsp3) is 0.400. The summed E-state index contributed by atoms with van der Waals surface area (Å²) in [5, 5.41) is 7.51. The highest BCUT2D eigenvalue weighted by molar-refractivity contribution is 5.65. The van der Waals surface area contributed by atoms with Gasteiger partial charge in [-0.05, 0) is 42.9 Å². The highest BCUT2D eigenvalue weighted by Crippen LogP contribution is 2.28. The second-order valence-electron chi connectivity index (χ2n) is 4.98. The molecule has 18 heavy (non-hydrogen) atoms. The Morgan fingerprint density at radius 3 is 2.61 bits per heavy atom. The van der Waals surface area contributed by atoms with E-state index in [-0.39, 0.29) is 0 Å². The molecule has 3 heteroatoms. The van der Waals surface area contributed by atoms with Crippen molar-refractivity contribution in [2.45, 2.75) is 25.7 Å². The smallest absolute Gasteiger partial charge is 0.148 e. The van der Waals surface area contributed by atoms with Gasteiger partial charge in [-0.3, -0.25) is 4.68 Å². The number of hydrogen-bond donors (Lipinski definition) is 1. The van der Waals surface area contributed by atoms with Crippen molar-refractivity contribution in [1.29, 1.82) is 0 Å². The fourth-order valence-electron chi connectivity index (χ4n) is 2.75. The van der Waals surface area contributed by atoms with E-state index in [2.05, 4.69) is 34.7 Å². The average Bonchev–Trinajstić information content (AvgIpc) is 2.79. The van der Waals surface area contributed by atoms with Crippen molar-refractivity contribution in [1.82, 2.24) is 9.78 Å². The molecule has 1 aliphatic carbocycles. The molecule has 1 aromatic carbocycles. The zero-order chi connectivity index (χ0) is 12.5. The Bertz CT molecular complexity index is 569. The standard InChI is InChI=1S/C15H19N3/c1-16-15-10-14(18(2)17-15)13-8-7-11-5-3-4-6-12(11)9-13/h7-10H,3-6H2,1-2H3,(H,16,17). The summed E-state index contributed by atoms with van der Waals surface area (Å²) in [6.45, 7) is 0. The second kappa shape index (κ2) is 4.48. The molecule has 94 valence electrons. The van der Waals surface area contributed by atoms with E-state index in [0.29, 0.717) is 0 Å². The van der Waals surface area contributed by atoms with Crippen LogP contribution in [0, 0.1) is 0 Å². The largest absolute Gasteiger partial charge is 0.372 e. The van der Waals surface area contributed by atoms with Gasteiger partial charge in [0.15, 0.2) is 0 Å². The summed E-state index contributed by atoms with van der Waals surface area (Å²) in [6.07, 6.45) is 5.12. The zero-order valence-corrected chi connectivity index (χ0v) is 11.0. The van der Waals surface area contributed by atoms with Gasteiger partial charge in [0, 0.05) is 25.7 Å². The van der Waals surface area contributed by atoms with Crippen LogP contribution < -0.4 is 5.32 Å². The molecule has 3 nitrogen and oxygen atoms in total. The van der Waals surface area contributed by atoms with Crippen LogP contribution in [0.25, 0.3) is 11.3 Å². The molecule has 0 amide bonds. The molecule has 1 heterocycles. The number of rotatable bonds is 2. The summed E-state index contributed by atoms with van der Waals surface area (Å²) in [7, 11) is 3.90. The lowest BCUT2D eigenvalue weighted by atomic mass is 9.90. The first-order chi connectivity index (χ1) is 8.78. The van der Waals surface area contributed by atoms with Crippen LogP contribution in [0.15, 0.2) is 24.3 Å². The van der Waals surface area contributed by atoms with Gasteiger partial charge in [0.05, 0.1) is 5.69 Å². The highest BCUT2D eigenvalue weighted by Gasteiger charge is 2.12. The molecule has 0 fully saturated rings. The van der Waals surface area contributed by atoms with E-state index in [1.807, 2.05) is 18.8 Å². The summed E-state index contributed by atoms with van der Waals surface area (Å²) in [4.78, 5) is 0. The van der Waals surface area contributed by atoms with Crippen LogP contribution in [0.2, 0.25) is 0 Å². The number of aryl methyl sites for hydroxylation is 3. The third-order valence-corrected chi connectivity index (χ3v) is 3.78. The van der Waals surface area contributed by atoms with Crippen molar-refractivity contribution >= 4 is 5.82 Å². The zero-order valence-electron chi connectivity index (χ0n) is 11.0. The van der Waals surface area contributed by atoms with Crippen molar-refractivity contribution < 1.29 is 0 Å². The quantitative estimate of drug-likeness (QED) is 0.876. The van der Waals surface area contributed by atoms with E-state index < -0.39 is 0 Å². The van der Waals surface area contributed by atoms with Crippen LogP contribution in [0.3, 0.4) is 0 Å². The van der Waals surface area contributed by atoms with Crippen LogP contribution >= 0.6 is 0 Å². The summed E-state index contributed by atoms with van der Waals surface area (Å²) in [5.41, 5.74) is 5.49. The topological polar surface area (TPSA) is 29.9 Å². The summed E-state index contributed by atoms with van der Waals surface area (Å²) < 4.78 is 1.94. The highest BCUT2D eigenvalue weighted by atomic mass is 15.3. The minimum absolute atomic E-state index is 0.922. The molecule has 0 aliphatic heterocycles. The molecule has 0 spiro atoms. The Morgan fingerprint density at radius 2 is 1.89 bits per heavy atom. The molecule has 0 unspecified atom stereocenters. The van der Waals surface area contributed by atoms with Gasteiger partial charge in [-0.2, -0.15) is 5.10 Å². The number of hydrogen-bond acceptors (Lipinski definition) is 2. The SMILES string of the molecule is CNc1cc(-c2ccc3c(c2)CCCC3)n(C)n1. The van der Waals surface area contributed by atoms with E-state index in [1.54, 1.807) is 0 Å². The molecular formula is C15H19N3. The first kappa shape index (κ1) is 11.3. The van der Waals surface area contributed by atoms with Crippen molar-refractivity contribution in [3.05, 3.63) is 35.4 Å². The van der Waals surface area contributed by atoms with Crippen molar-refractivity contribution in [2.24, 2.45) is 7.05 Å². The number of anilines is 1. The van der Waals surface area contributed by atoms with Crippen LogP contribution in [-0.4, -0.2) is 16.8 Å². The Balaban J connectivity index is 2.03. The predicted molar refractivity (Wildman–Crippen MR) is 74.8 cm³/mol. The number of benzene rings is 1. The summed E-state index contributed by atoms with van der Waals surface area (Å²) >= 11 is 0. The minimum Gasteiger partial charge on any atom is -0.372 e. The first-order valence-electron chi connectivity index (χ1n) is 6.62. The van der Waals surface area contributed by atoms with E-state index in [4.69, 9.17) is 0 Å². The van der Waals surface area contributed by atoms with E-state index in [1.165, 1.54) is 48.1 Å². The Labute approximate surface area is 108 Å². The lowest BCUT2D eigenvalue weighted by Gasteiger charge is -2.16. The molecule has 3 rings (SSSR count). The lowest BCUT2D eigenvalue weighted by molar-refractivity contribution is 0.685. The molecular weight excluding hydrogens is 222 g/mol. The van der Waals surface area contributed by atoms with Crippen molar-refractivity contribution in [2.75, 3.05) is 12.4 Å². The van der Waals surface area contributed by atoms with Gasteiger partial charge in [0.25, 0.3) is 0 Å².